The molecule has 0 spiro atoms. The van der Waals surface area contributed by atoms with Crippen LogP contribution in [0.25, 0.3) is 0 Å². The van der Waals surface area contributed by atoms with Gasteiger partial charge in [-0.1, -0.05) is 61.7 Å². The van der Waals surface area contributed by atoms with Crippen LogP contribution in [0.3, 0.4) is 0 Å². The van der Waals surface area contributed by atoms with Crippen molar-refractivity contribution in [1.82, 2.24) is 5.32 Å². The fraction of sp³-hybridized carbons (Fsp3) is 0.200. The normalized spacial score (nSPS) is 12.4. The molecule has 0 aromatic heterocycles. The van der Waals surface area contributed by atoms with E-state index in [1.165, 1.54) is 5.56 Å². The van der Waals surface area contributed by atoms with Crippen molar-refractivity contribution in [3.05, 3.63) is 67.6 Å². The molecule has 0 aliphatic heterocycles. The summed E-state index contributed by atoms with van der Waals surface area (Å²) in [5.74, 6) is 0. The lowest BCUT2D eigenvalue weighted by atomic mass is 9.99. The van der Waals surface area contributed by atoms with Crippen LogP contribution in [0, 0.1) is 0 Å². The predicted molar refractivity (Wildman–Crippen MR) is 88.8 cm³/mol. The van der Waals surface area contributed by atoms with Gasteiger partial charge in [0.25, 0.3) is 0 Å². The molecule has 1 N–H and O–H groups in total. The van der Waals surface area contributed by atoms with Gasteiger partial charge in [0.2, 0.25) is 0 Å². The van der Waals surface area contributed by atoms with E-state index in [4.69, 9.17) is 11.6 Å². The van der Waals surface area contributed by atoms with Gasteiger partial charge in [-0.25, -0.2) is 0 Å². The van der Waals surface area contributed by atoms with Gasteiger partial charge in [-0.15, -0.1) is 0 Å². The Morgan fingerprint density at radius 3 is 2.58 bits per heavy atom. The first-order valence-electron chi connectivity index (χ1n) is 5.97. The topological polar surface area (TPSA) is 12.0 Å². The second kappa shape index (κ2) is 6.89. The summed E-state index contributed by atoms with van der Waals surface area (Å²) in [7, 11) is 1.96. The molecule has 0 amide bonds. The van der Waals surface area contributed by atoms with Crippen molar-refractivity contribution in [3.8, 4) is 0 Å². The van der Waals surface area contributed by atoms with E-state index in [1.807, 2.05) is 25.2 Å². The van der Waals surface area contributed by atoms with Crippen LogP contribution < -0.4 is 5.32 Å². The molecule has 100 valence electrons. The molecule has 0 aliphatic carbocycles. The van der Waals surface area contributed by atoms with Gasteiger partial charge in [-0.05, 0) is 48.9 Å². The van der Waals surface area contributed by atoms with Crippen molar-refractivity contribution in [1.29, 1.82) is 0 Å². The molecule has 19 heavy (non-hydrogen) atoms. The lowest BCUT2D eigenvalue weighted by Crippen LogP contribution is -2.19. The maximum absolute atomic E-state index is 6.30. The molecule has 4 heteroatoms. The summed E-state index contributed by atoms with van der Waals surface area (Å²) in [4.78, 5) is 0. The Morgan fingerprint density at radius 1 is 1.16 bits per heavy atom. The van der Waals surface area contributed by atoms with E-state index in [0.29, 0.717) is 0 Å². The molecule has 0 heterocycles. The van der Waals surface area contributed by atoms with E-state index in [-0.39, 0.29) is 6.04 Å². The first-order chi connectivity index (χ1) is 9.11. The summed E-state index contributed by atoms with van der Waals surface area (Å²) in [6.07, 6.45) is 0.883. The first-order valence-corrected chi connectivity index (χ1v) is 7.94. The minimum Gasteiger partial charge on any atom is -0.313 e. The van der Waals surface area contributed by atoms with Gasteiger partial charge in [0, 0.05) is 20.0 Å². The Hall–Kier alpha value is -0.350. The standard InChI is InChI=1S/C15H14Br2ClN/c1-19-15(8-10-4-2-3-5-13(10)17)12-9-11(16)6-7-14(12)18/h2-7,9,15,19H,8H2,1H3. The molecule has 0 saturated carbocycles. The molecular weight excluding hydrogens is 389 g/mol. The lowest BCUT2D eigenvalue weighted by molar-refractivity contribution is 0.591. The molecule has 1 unspecified atom stereocenters. The van der Waals surface area contributed by atoms with E-state index in [9.17, 15) is 0 Å². The van der Waals surface area contributed by atoms with E-state index >= 15 is 0 Å². The lowest BCUT2D eigenvalue weighted by Gasteiger charge is -2.19. The summed E-state index contributed by atoms with van der Waals surface area (Å²) in [6, 6.07) is 14.4. The third-order valence-electron chi connectivity index (χ3n) is 3.06. The van der Waals surface area contributed by atoms with Crippen molar-refractivity contribution in [2.24, 2.45) is 0 Å². The minimum absolute atomic E-state index is 0.184. The molecule has 0 radical (unpaired) electrons. The summed E-state index contributed by atoms with van der Waals surface area (Å²) >= 11 is 13.4. The van der Waals surface area contributed by atoms with E-state index in [2.05, 4.69) is 61.4 Å². The second-order valence-electron chi connectivity index (χ2n) is 4.30. The predicted octanol–water partition coefficient (Wildman–Crippen LogP) is 5.37. The number of nitrogens with one attached hydrogen (secondary N) is 1. The summed E-state index contributed by atoms with van der Waals surface area (Å²) in [5, 5.41) is 4.12. The molecule has 2 aromatic rings. The smallest absolute Gasteiger partial charge is 0.0454 e. The summed E-state index contributed by atoms with van der Waals surface area (Å²) in [6.45, 7) is 0. The SMILES string of the molecule is CNC(Cc1ccccc1Br)c1cc(Br)ccc1Cl. The molecule has 2 rings (SSSR count). The monoisotopic (exact) mass is 401 g/mol. The minimum atomic E-state index is 0.184. The molecule has 0 saturated heterocycles. The fourth-order valence-electron chi connectivity index (χ4n) is 2.03. The van der Waals surface area contributed by atoms with Gasteiger partial charge in [-0.2, -0.15) is 0 Å². The van der Waals surface area contributed by atoms with Crippen molar-refractivity contribution in [3.63, 3.8) is 0 Å². The van der Waals surface area contributed by atoms with Crippen LogP contribution in [0.2, 0.25) is 5.02 Å². The zero-order valence-electron chi connectivity index (χ0n) is 10.5. The molecule has 0 bridgehead atoms. The van der Waals surface area contributed by atoms with E-state index < -0.39 is 0 Å². The fourth-order valence-corrected chi connectivity index (χ4v) is 3.11. The average molecular weight is 404 g/mol. The van der Waals surface area contributed by atoms with Gasteiger partial charge in [-0.3, -0.25) is 0 Å². The van der Waals surface area contributed by atoms with E-state index in [1.54, 1.807) is 0 Å². The van der Waals surface area contributed by atoms with Crippen molar-refractivity contribution >= 4 is 43.5 Å². The Balaban J connectivity index is 2.30. The molecule has 0 aliphatic rings. The van der Waals surface area contributed by atoms with Crippen LogP contribution in [0.1, 0.15) is 17.2 Å². The number of rotatable bonds is 4. The number of likely N-dealkylation sites (N-methyl/N-ethyl adjacent to an activating group) is 1. The largest absolute Gasteiger partial charge is 0.313 e. The highest BCUT2D eigenvalue weighted by atomic mass is 79.9. The first kappa shape index (κ1) is 15.0. The Morgan fingerprint density at radius 2 is 1.89 bits per heavy atom. The highest BCUT2D eigenvalue weighted by molar-refractivity contribution is 9.10. The maximum atomic E-state index is 6.30. The van der Waals surface area contributed by atoms with Crippen LogP contribution in [-0.4, -0.2) is 7.05 Å². The van der Waals surface area contributed by atoms with Crippen LogP contribution in [-0.2, 0) is 6.42 Å². The van der Waals surface area contributed by atoms with E-state index in [0.717, 1.165) is 26.0 Å². The highest BCUT2D eigenvalue weighted by Gasteiger charge is 2.15. The van der Waals surface area contributed by atoms with Crippen LogP contribution in [0.4, 0.5) is 0 Å². The number of benzene rings is 2. The van der Waals surface area contributed by atoms with Gasteiger partial charge >= 0.3 is 0 Å². The summed E-state index contributed by atoms with van der Waals surface area (Å²) in [5.41, 5.74) is 2.37. The second-order valence-corrected chi connectivity index (χ2v) is 6.48. The van der Waals surface area contributed by atoms with Gasteiger partial charge < -0.3 is 5.32 Å². The zero-order valence-corrected chi connectivity index (χ0v) is 14.4. The van der Waals surface area contributed by atoms with Crippen molar-refractivity contribution < 1.29 is 0 Å². The van der Waals surface area contributed by atoms with Gasteiger partial charge in [0.15, 0.2) is 0 Å². The molecule has 0 fully saturated rings. The van der Waals surface area contributed by atoms with Gasteiger partial charge in [0.05, 0.1) is 0 Å². The molecule has 1 atom stereocenters. The molecule has 2 aromatic carbocycles. The quantitative estimate of drug-likeness (QED) is 0.724. The van der Waals surface area contributed by atoms with Gasteiger partial charge in [0.1, 0.15) is 0 Å². The van der Waals surface area contributed by atoms with Crippen molar-refractivity contribution in [2.45, 2.75) is 12.5 Å². The Labute approximate surface area is 135 Å². The third kappa shape index (κ3) is 3.82. The van der Waals surface area contributed by atoms with Crippen LogP contribution >= 0.6 is 43.5 Å². The highest BCUT2D eigenvalue weighted by Crippen LogP contribution is 2.30. The van der Waals surface area contributed by atoms with Crippen LogP contribution in [0.5, 0.6) is 0 Å². The summed E-state index contributed by atoms with van der Waals surface area (Å²) < 4.78 is 2.17. The molecular formula is C15H14Br2ClN. The van der Waals surface area contributed by atoms with Crippen LogP contribution in [0.15, 0.2) is 51.4 Å². The van der Waals surface area contributed by atoms with Crippen molar-refractivity contribution in [2.75, 3.05) is 7.05 Å². The third-order valence-corrected chi connectivity index (χ3v) is 4.67. The Kier molecular flexibility index (Phi) is 5.46. The Bertz CT molecular complexity index is 572. The zero-order chi connectivity index (χ0) is 13.8. The number of halogens is 3. The molecule has 1 nitrogen and oxygen atoms in total. The average Bonchev–Trinajstić information content (AvgIpc) is 2.41. The maximum Gasteiger partial charge on any atom is 0.0454 e. The number of hydrogen-bond acceptors (Lipinski definition) is 1. The number of hydrogen-bond donors (Lipinski definition) is 1.